The first kappa shape index (κ1) is 32.7. The third kappa shape index (κ3) is 10.8. The number of carbonyl (C=O) groups excluding carboxylic acids is 1. The minimum absolute atomic E-state index is 0.0791. The number of thioether (sulfide) groups is 1. The van der Waals surface area contributed by atoms with Crippen LogP contribution in [0, 0.1) is 0 Å². The highest BCUT2D eigenvalue weighted by Crippen LogP contribution is 2.30. The second-order valence-corrected chi connectivity index (χ2v) is 12.5. The number of hydrazine groups is 1. The van der Waals surface area contributed by atoms with Gasteiger partial charge in [-0.05, 0) is 41.1 Å². The van der Waals surface area contributed by atoms with E-state index < -0.39 is 5.25 Å². The molecule has 1 aliphatic rings. The van der Waals surface area contributed by atoms with Crippen molar-refractivity contribution in [2.24, 2.45) is 4.99 Å². The van der Waals surface area contributed by atoms with E-state index in [0.29, 0.717) is 17.5 Å². The summed E-state index contributed by atoms with van der Waals surface area (Å²) in [5, 5.41) is 13.8. The molecule has 8 nitrogen and oxygen atoms in total. The van der Waals surface area contributed by atoms with Gasteiger partial charge in [0.2, 0.25) is 5.16 Å². The Balaban J connectivity index is 1.18. The van der Waals surface area contributed by atoms with Crippen molar-refractivity contribution in [3.63, 3.8) is 0 Å². The number of anilines is 1. The van der Waals surface area contributed by atoms with E-state index in [1.54, 1.807) is 9.69 Å². The van der Waals surface area contributed by atoms with Crippen LogP contribution >= 0.6 is 11.8 Å². The van der Waals surface area contributed by atoms with Crippen LogP contribution in [0.4, 0.5) is 5.69 Å². The van der Waals surface area contributed by atoms with Gasteiger partial charge in [-0.2, -0.15) is 4.68 Å². The zero-order valence-corrected chi connectivity index (χ0v) is 26.7. The highest BCUT2D eigenvalue weighted by molar-refractivity contribution is 8.01. The first-order chi connectivity index (χ1) is 21.3. The molecule has 1 unspecified atom stereocenters. The van der Waals surface area contributed by atoms with E-state index in [0.717, 1.165) is 24.2 Å². The molecule has 0 saturated carbocycles. The minimum Gasteiger partial charge on any atom is -0.277 e. The molecule has 232 valence electrons. The lowest BCUT2D eigenvalue weighted by atomic mass is 10.0. The first-order valence-electron chi connectivity index (χ1n) is 16.5. The molecule has 0 radical (unpaired) electrons. The number of amidine groups is 1. The number of aliphatic imine (C=N–C) groups is 1. The zero-order valence-electron chi connectivity index (χ0n) is 25.9. The molecule has 2 aromatic carbocycles. The standard InChI is InChI=1S/C34H49N7OS/c1-2-3-4-5-6-7-8-9-10-11-12-13-14-15-16-23-28-35-32-31(33(42)40(37-32)29-24-19-17-20-25-29)43-34-36-38-39-41(34)30-26-21-18-22-27-30/h17-22,24-27,31H,2-16,23,28H2,1H3,(H,35,37). The van der Waals surface area contributed by atoms with Gasteiger partial charge in [0.25, 0.3) is 5.91 Å². The average Bonchev–Trinajstić information content (AvgIpc) is 3.64. The van der Waals surface area contributed by atoms with Crippen LogP contribution in [0.25, 0.3) is 5.69 Å². The van der Waals surface area contributed by atoms with Crippen LogP contribution in [-0.2, 0) is 4.79 Å². The summed E-state index contributed by atoms with van der Waals surface area (Å²) in [5.74, 6) is 0.576. The quantitative estimate of drug-likeness (QED) is 0.123. The minimum atomic E-state index is -0.547. The van der Waals surface area contributed by atoms with Crippen LogP contribution in [0.1, 0.15) is 110 Å². The molecule has 1 aromatic heterocycles. The number of rotatable bonds is 21. The van der Waals surface area contributed by atoms with E-state index in [1.165, 1.54) is 102 Å². The van der Waals surface area contributed by atoms with Gasteiger partial charge in [-0.1, -0.05) is 151 Å². The van der Waals surface area contributed by atoms with E-state index >= 15 is 0 Å². The van der Waals surface area contributed by atoms with E-state index in [9.17, 15) is 4.79 Å². The number of para-hydroxylation sites is 2. The number of nitrogens with one attached hydrogen (secondary N) is 1. The van der Waals surface area contributed by atoms with Crippen molar-refractivity contribution < 1.29 is 4.79 Å². The summed E-state index contributed by atoms with van der Waals surface area (Å²) in [6, 6.07) is 19.3. The third-order valence-electron chi connectivity index (χ3n) is 7.89. The lowest BCUT2D eigenvalue weighted by Gasteiger charge is -2.15. The summed E-state index contributed by atoms with van der Waals surface area (Å²) in [5.41, 5.74) is 4.90. The van der Waals surface area contributed by atoms with Gasteiger partial charge < -0.3 is 0 Å². The molecule has 1 fully saturated rings. The number of hydrogen-bond donors (Lipinski definition) is 1. The van der Waals surface area contributed by atoms with Crippen LogP contribution in [0.2, 0.25) is 0 Å². The predicted octanol–water partition coefficient (Wildman–Crippen LogP) is 8.33. The Hall–Kier alpha value is -3.20. The van der Waals surface area contributed by atoms with Crippen molar-refractivity contribution >= 4 is 29.2 Å². The van der Waals surface area contributed by atoms with Gasteiger partial charge in [0.15, 0.2) is 5.25 Å². The second-order valence-electron chi connectivity index (χ2n) is 11.4. The predicted molar refractivity (Wildman–Crippen MR) is 178 cm³/mol. The van der Waals surface area contributed by atoms with Crippen LogP contribution < -0.4 is 10.4 Å². The van der Waals surface area contributed by atoms with Crippen molar-refractivity contribution in [2.45, 2.75) is 120 Å². The molecule has 43 heavy (non-hydrogen) atoms. The van der Waals surface area contributed by atoms with Crippen LogP contribution in [0.5, 0.6) is 0 Å². The number of benzene rings is 2. The maximum Gasteiger partial charge on any atom is 0.267 e. The number of nitrogens with zero attached hydrogens (tertiary/aromatic N) is 6. The number of hydrogen-bond acceptors (Lipinski definition) is 6. The van der Waals surface area contributed by atoms with Gasteiger partial charge in [-0.3, -0.25) is 15.2 Å². The molecular weight excluding hydrogens is 554 g/mol. The van der Waals surface area contributed by atoms with E-state index in [4.69, 9.17) is 4.99 Å². The SMILES string of the molecule is CCCCCCCCCCCCCCCCCCN=C1NN(c2ccccc2)C(=O)C1Sc1nnnn1-c1ccccc1. The number of unbranched alkanes of at least 4 members (excludes halogenated alkanes) is 15. The average molecular weight is 604 g/mol. The van der Waals surface area contributed by atoms with Gasteiger partial charge in [0.1, 0.15) is 5.84 Å². The fourth-order valence-corrected chi connectivity index (χ4v) is 6.39. The van der Waals surface area contributed by atoms with Crippen LogP contribution in [0.15, 0.2) is 70.8 Å². The highest BCUT2D eigenvalue weighted by atomic mass is 32.2. The van der Waals surface area contributed by atoms with E-state index in [1.807, 2.05) is 60.7 Å². The summed E-state index contributed by atoms with van der Waals surface area (Å²) in [6.07, 6.45) is 21.5. The van der Waals surface area contributed by atoms with Crippen LogP contribution in [-0.4, -0.2) is 43.7 Å². The van der Waals surface area contributed by atoms with Gasteiger partial charge in [-0.25, -0.2) is 5.01 Å². The van der Waals surface area contributed by atoms with Crippen LogP contribution in [0.3, 0.4) is 0 Å². The highest BCUT2D eigenvalue weighted by Gasteiger charge is 2.40. The van der Waals surface area contributed by atoms with Crippen molar-refractivity contribution in [1.82, 2.24) is 25.6 Å². The molecule has 2 heterocycles. The molecule has 9 heteroatoms. The fraction of sp³-hybridized carbons (Fsp3) is 0.559. The Morgan fingerprint density at radius 3 is 1.79 bits per heavy atom. The van der Waals surface area contributed by atoms with E-state index in [-0.39, 0.29) is 5.91 Å². The van der Waals surface area contributed by atoms with Crippen molar-refractivity contribution in [3.8, 4) is 5.69 Å². The third-order valence-corrected chi connectivity index (χ3v) is 9.02. The van der Waals surface area contributed by atoms with Crippen molar-refractivity contribution in [2.75, 3.05) is 11.6 Å². The summed E-state index contributed by atoms with van der Waals surface area (Å²) < 4.78 is 1.66. The second kappa shape index (κ2) is 19.2. The molecule has 1 atom stereocenters. The molecule has 0 bridgehead atoms. The van der Waals surface area contributed by atoms with Gasteiger partial charge in [0.05, 0.1) is 11.4 Å². The molecular formula is C34H49N7OS. The number of tetrazole rings is 1. The Morgan fingerprint density at radius 1 is 0.721 bits per heavy atom. The largest absolute Gasteiger partial charge is 0.277 e. The maximum absolute atomic E-state index is 13.6. The zero-order chi connectivity index (χ0) is 30.0. The van der Waals surface area contributed by atoms with Gasteiger partial charge >= 0.3 is 0 Å². The molecule has 1 N–H and O–H groups in total. The molecule has 0 spiro atoms. The lowest BCUT2D eigenvalue weighted by molar-refractivity contribution is -0.116. The van der Waals surface area contributed by atoms with Crippen molar-refractivity contribution in [3.05, 3.63) is 60.7 Å². The Bertz CT molecular complexity index is 1220. The Labute approximate surface area is 262 Å². The summed E-state index contributed by atoms with van der Waals surface area (Å²) >= 11 is 1.33. The van der Waals surface area contributed by atoms with Crippen molar-refractivity contribution in [1.29, 1.82) is 0 Å². The van der Waals surface area contributed by atoms with E-state index in [2.05, 4.69) is 27.9 Å². The normalized spacial score (nSPS) is 15.8. The molecule has 1 aliphatic heterocycles. The maximum atomic E-state index is 13.6. The molecule has 0 aliphatic carbocycles. The first-order valence-corrected chi connectivity index (χ1v) is 17.4. The smallest absolute Gasteiger partial charge is 0.267 e. The number of carbonyl (C=O) groups is 1. The van der Waals surface area contributed by atoms with Gasteiger partial charge in [-0.15, -0.1) is 5.10 Å². The molecule has 1 saturated heterocycles. The lowest BCUT2D eigenvalue weighted by Crippen LogP contribution is -2.35. The summed E-state index contributed by atoms with van der Waals surface area (Å²) in [4.78, 5) is 18.4. The molecule has 4 rings (SSSR count). The van der Waals surface area contributed by atoms with Gasteiger partial charge in [0, 0.05) is 6.54 Å². The molecule has 3 aromatic rings. The monoisotopic (exact) mass is 603 g/mol. The summed E-state index contributed by atoms with van der Waals surface area (Å²) in [7, 11) is 0. The molecule has 1 amide bonds. The number of amides is 1. The topological polar surface area (TPSA) is 88.3 Å². The fourth-order valence-electron chi connectivity index (χ4n) is 5.40. The number of aromatic nitrogens is 4. The Kier molecular flexibility index (Phi) is 14.6. The Morgan fingerprint density at radius 2 is 1.23 bits per heavy atom. The summed E-state index contributed by atoms with van der Waals surface area (Å²) in [6.45, 7) is 2.97.